The van der Waals surface area contributed by atoms with Gasteiger partial charge in [0.1, 0.15) is 23.1 Å². The largest absolute Gasteiger partial charge is 0.457 e. The highest BCUT2D eigenvalue weighted by molar-refractivity contribution is 5.35. The molecule has 0 aliphatic carbocycles. The molecule has 0 fully saturated rings. The summed E-state index contributed by atoms with van der Waals surface area (Å²) in [5.41, 5.74) is 2.04. The number of nitrogens with zero attached hydrogens (tertiary/aromatic N) is 2. The van der Waals surface area contributed by atoms with Crippen LogP contribution in [0, 0.1) is 11.6 Å². The van der Waals surface area contributed by atoms with Gasteiger partial charge in [0.25, 0.3) is 0 Å². The van der Waals surface area contributed by atoms with Gasteiger partial charge in [-0.25, -0.2) is 8.78 Å². The molecule has 0 radical (unpaired) electrons. The fourth-order valence-corrected chi connectivity index (χ4v) is 4.48. The van der Waals surface area contributed by atoms with Gasteiger partial charge in [-0.05, 0) is 60.5 Å². The summed E-state index contributed by atoms with van der Waals surface area (Å²) in [5, 5.41) is 0. The normalized spacial score (nSPS) is 16.4. The van der Waals surface area contributed by atoms with Gasteiger partial charge in [0, 0.05) is 37.1 Å². The topological polar surface area (TPSA) is 17.4 Å². The van der Waals surface area contributed by atoms with Gasteiger partial charge in [-0.1, -0.05) is 36.4 Å². The van der Waals surface area contributed by atoms with Crippen LogP contribution in [0.25, 0.3) is 0 Å². The summed E-state index contributed by atoms with van der Waals surface area (Å²) in [7, 11) is 0. The van der Waals surface area contributed by atoms with Gasteiger partial charge in [0.15, 0.2) is 0 Å². The minimum Gasteiger partial charge on any atom is -0.457 e. The Hall–Kier alpha value is -3.44. The molecule has 0 saturated carbocycles. The van der Waals surface area contributed by atoms with Gasteiger partial charge in [-0.3, -0.25) is 4.90 Å². The predicted molar refractivity (Wildman–Crippen MR) is 121 cm³/mol. The fraction of sp³-hybridized carbons (Fsp3) is 0.185. The van der Waals surface area contributed by atoms with Crippen LogP contribution in [0.3, 0.4) is 0 Å². The first-order chi connectivity index (χ1) is 15.7. The van der Waals surface area contributed by atoms with E-state index in [1.165, 1.54) is 18.2 Å². The number of rotatable bonds is 5. The lowest BCUT2D eigenvalue weighted by Gasteiger charge is -2.31. The summed E-state index contributed by atoms with van der Waals surface area (Å²) >= 11 is 0. The van der Waals surface area contributed by atoms with E-state index >= 15 is 0 Å². The SMILES string of the molecule is Fc1cccc(F)c1C1c2cccn2CCCN1Cc1cccc(Oc2ccccc2)c1. The van der Waals surface area contributed by atoms with E-state index in [-0.39, 0.29) is 5.56 Å². The summed E-state index contributed by atoms with van der Waals surface area (Å²) in [6, 6.07) is 25.0. The summed E-state index contributed by atoms with van der Waals surface area (Å²) in [6.07, 6.45) is 2.88. The zero-order valence-corrected chi connectivity index (χ0v) is 17.6. The molecule has 5 heteroatoms. The number of ether oxygens (including phenoxy) is 1. The minimum atomic E-state index is -0.518. The van der Waals surface area contributed by atoms with Crippen LogP contribution in [-0.2, 0) is 13.1 Å². The molecule has 4 aromatic rings. The number of hydrogen-bond donors (Lipinski definition) is 0. The van der Waals surface area contributed by atoms with Crippen LogP contribution >= 0.6 is 0 Å². The Kier molecular flexibility index (Phi) is 5.73. The Morgan fingerprint density at radius 2 is 1.53 bits per heavy atom. The predicted octanol–water partition coefficient (Wildman–Crippen LogP) is 6.55. The molecule has 1 atom stereocenters. The molecule has 1 aliphatic rings. The first-order valence-electron chi connectivity index (χ1n) is 10.8. The van der Waals surface area contributed by atoms with E-state index in [0.717, 1.165) is 42.3 Å². The summed E-state index contributed by atoms with van der Waals surface area (Å²) in [6.45, 7) is 2.10. The monoisotopic (exact) mass is 430 g/mol. The van der Waals surface area contributed by atoms with Gasteiger partial charge < -0.3 is 9.30 Å². The second kappa shape index (κ2) is 8.97. The second-order valence-electron chi connectivity index (χ2n) is 8.05. The molecule has 1 aliphatic heterocycles. The van der Waals surface area contributed by atoms with E-state index < -0.39 is 17.7 Å². The molecule has 5 rings (SSSR count). The van der Waals surface area contributed by atoms with Crippen LogP contribution in [-0.4, -0.2) is 16.0 Å². The van der Waals surface area contributed by atoms with E-state index in [0.29, 0.717) is 6.54 Å². The zero-order valence-electron chi connectivity index (χ0n) is 17.6. The Morgan fingerprint density at radius 1 is 0.781 bits per heavy atom. The third kappa shape index (κ3) is 4.16. The Morgan fingerprint density at radius 3 is 2.34 bits per heavy atom. The molecule has 2 heterocycles. The van der Waals surface area contributed by atoms with Crippen LogP contribution < -0.4 is 4.74 Å². The second-order valence-corrected chi connectivity index (χ2v) is 8.05. The molecule has 1 unspecified atom stereocenters. The molecule has 162 valence electrons. The molecule has 0 bridgehead atoms. The standard InChI is InChI=1S/C27H24F2N2O/c28-23-12-5-13-24(29)26(23)27-25-14-6-15-30(25)16-7-17-31(27)19-20-8-4-11-22(18-20)32-21-9-2-1-3-10-21/h1-6,8-15,18,27H,7,16-17,19H2. The smallest absolute Gasteiger partial charge is 0.131 e. The molecule has 0 saturated heterocycles. The number of aryl methyl sites for hydroxylation is 1. The lowest BCUT2D eigenvalue weighted by molar-refractivity contribution is 0.212. The van der Waals surface area contributed by atoms with Gasteiger partial charge in [-0.15, -0.1) is 0 Å². The molecule has 0 spiro atoms. The Bertz CT molecular complexity index is 1190. The highest BCUT2D eigenvalue weighted by atomic mass is 19.1. The van der Waals surface area contributed by atoms with Crippen molar-refractivity contribution in [2.75, 3.05) is 6.54 Å². The first-order valence-corrected chi connectivity index (χ1v) is 10.8. The van der Waals surface area contributed by atoms with Gasteiger partial charge in [0.2, 0.25) is 0 Å². The van der Waals surface area contributed by atoms with E-state index in [1.807, 2.05) is 72.9 Å². The maximum absolute atomic E-state index is 14.9. The molecule has 0 N–H and O–H groups in total. The van der Waals surface area contributed by atoms with Crippen molar-refractivity contribution in [1.29, 1.82) is 0 Å². The maximum Gasteiger partial charge on any atom is 0.131 e. The van der Waals surface area contributed by atoms with E-state index in [1.54, 1.807) is 0 Å². The van der Waals surface area contributed by atoms with Crippen LogP contribution in [0.1, 0.15) is 29.3 Å². The van der Waals surface area contributed by atoms with Crippen molar-refractivity contribution in [2.24, 2.45) is 0 Å². The van der Waals surface area contributed by atoms with E-state index in [4.69, 9.17) is 4.74 Å². The molecule has 3 nitrogen and oxygen atoms in total. The van der Waals surface area contributed by atoms with Crippen LogP contribution in [0.15, 0.2) is 91.1 Å². The van der Waals surface area contributed by atoms with Crippen molar-refractivity contribution in [1.82, 2.24) is 9.47 Å². The average molecular weight is 430 g/mol. The van der Waals surface area contributed by atoms with Crippen LogP contribution in [0.2, 0.25) is 0 Å². The highest BCUT2D eigenvalue weighted by Gasteiger charge is 2.31. The molecular weight excluding hydrogens is 406 g/mol. The minimum absolute atomic E-state index is 0.103. The summed E-state index contributed by atoms with van der Waals surface area (Å²) in [4.78, 5) is 2.15. The summed E-state index contributed by atoms with van der Waals surface area (Å²) < 4.78 is 37.9. The summed E-state index contributed by atoms with van der Waals surface area (Å²) in [5.74, 6) is 0.468. The number of para-hydroxylation sites is 1. The molecule has 1 aromatic heterocycles. The van der Waals surface area contributed by atoms with Gasteiger partial charge >= 0.3 is 0 Å². The molecule has 3 aromatic carbocycles. The van der Waals surface area contributed by atoms with Crippen molar-refractivity contribution in [3.63, 3.8) is 0 Å². The van der Waals surface area contributed by atoms with Crippen LogP contribution in [0.4, 0.5) is 8.78 Å². The quantitative estimate of drug-likeness (QED) is 0.357. The van der Waals surface area contributed by atoms with Crippen molar-refractivity contribution >= 4 is 0 Å². The van der Waals surface area contributed by atoms with Crippen molar-refractivity contribution < 1.29 is 13.5 Å². The zero-order chi connectivity index (χ0) is 21.9. The third-order valence-corrected chi connectivity index (χ3v) is 5.89. The first kappa shape index (κ1) is 20.5. The fourth-order valence-electron chi connectivity index (χ4n) is 4.48. The average Bonchev–Trinajstić information content (AvgIpc) is 3.18. The lowest BCUT2D eigenvalue weighted by Crippen LogP contribution is -2.30. The maximum atomic E-state index is 14.9. The number of aromatic nitrogens is 1. The van der Waals surface area contributed by atoms with E-state index in [2.05, 4.69) is 9.47 Å². The van der Waals surface area contributed by atoms with Crippen molar-refractivity contribution in [3.05, 3.63) is 120 Å². The molecule has 32 heavy (non-hydrogen) atoms. The highest BCUT2D eigenvalue weighted by Crippen LogP contribution is 2.36. The Balaban J connectivity index is 1.49. The number of hydrogen-bond acceptors (Lipinski definition) is 2. The lowest BCUT2D eigenvalue weighted by atomic mass is 9.99. The Labute approximate surface area is 186 Å². The van der Waals surface area contributed by atoms with E-state index in [9.17, 15) is 8.78 Å². The van der Waals surface area contributed by atoms with Crippen molar-refractivity contribution in [3.8, 4) is 11.5 Å². The van der Waals surface area contributed by atoms with Gasteiger partial charge in [0.05, 0.1) is 6.04 Å². The van der Waals surface area contributed by atoms with Crippen LogP contribution in [0.5, 0.6) is 11.5 Å². The molecule has 0 amide bonds. The third-order valence-electron chi connectivity index (χ3n) is 5.89. The number of halogens is 2. The van der Waals surface area contributed by atoms with Crippen molar-refractivity contribution in [2.45, 2.75) is 25.6 Å². The molecular formula is C27H24F2N2O. The van der Waals surface area contributed by atoms with Gasteiger partial charge in [-0.2, -0.15) is 0 Å². The number of fused-ring (bicyclic) bond motifs is 1. The number of benzene rings is 3.